The summed E-state index contributed by atoms with van der Waals surface area (Å²) in [7, 11) is 0. The van der Waals surface area contributed by atoms with Crippen LogP contribution in [0.1, 0.15) is 36.8 Å². The van der Waals surface area contributed by atoms with Crippen LogP contribution < -0.4 is 0 Å². The van der Waals surface area contributed by atoms with E-state index in [1.54, 1.807) is 13.0 Å². The Kier molecular flexibility index (Phi) is 3.40. The SMILES string of the molecule is CCOC(=O)/C=C/c1ccc(C2CC2)cc1. The summed E-state index contributed by atoms with van der Waals surface area (Å²) in [6.07, 6.45) is 5.89. The van der Waals surface area contributed by atoms with E-state index in [2.05, 4.69) is 12.1 Å². The Morgan fingerprint density at radius 1 is 1.38 bits per heavy atom. The first kappa shape index (κ1) is 10.9. The minimum Gasteiger partial charge on any atom is -0.463 e. The van der Waals surface area contributed by atoms with Crippen molar-refractivity contribution in [1.82, 2.24) is 0 Å². The molecule has 0 saturated heterocycles. The summed E-state index contributed by atoms with van der Waals surface area (Å²) < 4.78 is 4.81. The van der Waals surface area contributed by atoms with Gasteiger partial charge in [-0.05, 0) is 42.9 Å². The number of carbonyl (C=O) groups excluding carboxylic acids is 1. The first-order valence-electron chi connectivity index (χ1n) is 5.74. The molecule has 0 bridgehead atoms. The van der Waals surface area contributed by atoms with Gasteiger partial charge in [0.25, 0.3) is 0 Å². The zero-order valence-corrected chi connectivity index (χ0v) is 9.48. The van der Waals surface area contributed by atoms with Crippen molar-refractivity contribution in [3.05, 3.63) is 41.5 Å². The number of carbonyl (C=O) groups is 1. The Morgan fingerprint density at radius 3 is 2.62 bits per heavy atom. The molecule has 0 radical (unpaired) electrons. The zero-order valence-electron chi connectivity index (χ0n) is 9.48. The number of hydrogen-bond acceptors (Lipinski definition) is 2. The number of ether oxygens (including phenoxy) is 1. The van der Waals surface area contributed by atoms with Crippen molar-refractivity contribution < 1.29 is 9.53 Å². The third-order valence-corrected chi connectivity index (χ3v) is 2.68. The first-order chi connectivity index (χ1) is 7.79. The average molecular weight is 216 g/mol. The zero-order chi connectivity index (χ0) is 11.4. The third-order valence-electron chi connectivity index (χ3n) is 2.68. The van der Waals surface area contributed by atoms with Gasteiger partial charge in [-0.1, -0.05) is 24.3 Å². The first-order valence-corrected chi connectivity index (χ1v) is 5.74. The average Bonchev–Trinajstić information content (AvgIpc) is 3.11. The normalized spacial score (nSPS) is 15.3. The summed E-state index contributed by atoms with van der Waals surface area (Å²) in [5, 5.41) is 0. The lowest BCUT2D eigenvalue weighted by molar-refractivity contribution is -0.137. The summed E-state index contributed by atoms with van der Waals surface area (Å²) >= 11 is 0. The summed E-state index contributed by atoms with van der Waals surface area (Å²) in [6, 6.07) is 8.37. The minimum atomic E-state index is -0.284. The van der Waals surface area contributed by atoms with Gasteiger partial charge in [0.1, 0.15) is 0 Å². The van der Waals surface area contributed by atoms with E-state index in [-0.39, 0.29) is 5.97 Å². The van der Waals surface area contributed by atoms with Crippen LogP contribution in [0.4, 0.5) is 0 Å². The molecule has 0 aromatic heterocycles. The van der Waals surface area contributed by atoms with Gasteiger partial charge in [-0.2, -0.15) is 0 Å². The van der Waals surface area contributed by atoms with E-state index in [9.17, 15) is 4.79 Å². The molecule has 0 aliphatic heterocycles. The molecule has 2 heteroatoms. The Bertz CT molecular complexity index is 386. The third kappa shape index (κ3) is 2.96. The minimum absolute atomic E-state index is 0.284. The summed E-state index contributed by atoms with van der Waals surface area (Å²) in [6.45, 7) is 2.22. The predicted molar refractivity (Wildman–Crippen MR) is 64.1 cm³/mol. The highest BCUT2D eigenvalue weighted by atomic mass is 16.5. The van der Waals surface area contributed by atoms with E-state index >= 15 is 0 Å². The molecule has 16 heavy (non-hydrogen) atoms. The van der Waals surface area contributed by atoms with Crippen LogP contribution in [0.5, 0.6) is 0 Å². The van der Waals surface area contributed by atoms with Crippen LogP contribution in [-0.4, -0.2) is 12.6 Å². The molecular formula is C14H16O2. The number of hydrogen-bond donors (Lipinski definition) is 0. The van der Waals surface area contributed by atoms with E-state index in [1.165, 1.54) is 24.5 Å². The quantitative estimate of drug-likeness (QED) is 0.571. The van der Waals surface area contributed by atoms with Crippen LogP contribution in [0, 0.1) is 0 Å². The largest absolute Gasteiger partial charge is 0.463 e. The smallest absolute Gasteiger partial charge is 0.330 e. The van der Waals surface area contributed by atoms with E-state index < -0.39 is 0 Å². The van der Waals surface area contributed by atoms with E-state index in [1.807, 2.05) is 12.1 Å². The highest BCUT2D eigenvalue weighted by Crippen LogP contribution is 2.39. The van der Waals surface area contributed by atoms with Crippen molar-refractivity contribution in [3.63, 3.8) is 0 Å². The molecule has 0 heterocycles. The van der Waals surface area contributed by atoms with Gasteiger partial charge < -0.3 is 4.74 Å². The molecule has 1 fully saturated rings. The molecule has 84 valence electrons. The fourth-order valence-electron chi connectivity index (χ4n) is 1.65. The summed E-state index contributed by atoms with van der Waals surface area (Å²) in [5.74, 6) is 0.497. The van der Waals surface area contributed by atoms with Crippen molar-refractivity contribution in [2.24, 2.45) is 0 Å². The van der Waals surface area contributed by atoms with Crippen molar-refractivity contribution in [1.29, 1.82) is 0 Å². The number of rotatable bonds is 4. The van der Waals surface area contributed by atoms with Crippen LogP contribution in [0.25, 0.3) is 6.08 Å². The second kappa shape index (κ2) is 4.97. The van der Waals surface area contributed by atoms with Crippen LogP contribution in [0.2, 0.25) is 0 Å². The Labute approximate surface area is 95.9 Å². The molecule has 0 N–H and O–H groups in total. The second-order valence-electron chi connectivity index (χ2n) is 4.03. The fourth-order valence-corrected chi connectivity index (χ4v) is 1.65. The van der Waals surface area contributed by atoms with Crippen LogP contribution >= 0.6 is 0 Å². The maximum absolute atomic E-state index is 11.1. The van der Waals surface area contributed by atoms with Gasteiger partial charge in [-0.3, -0.25) is 0 Å². The van der Waals surface area contributed by atoms with Gasteiger partial charge in [-0.15, -0.1) is 0 Å². The van der Waals surface area contributed by atoms with Gasteiger partial charge in [0.2, 0.25) is 0 Å². The lowest BCUT2D eigenvalue weighted by Crippen LogP contribution is -1.98. The Hall–Kier alpha value is -1.57. The maximum atomic E-state index is 11.1. The Morgan fingerprint density at radius 2 is 2.06 bits per heavy atom. The van der Waals surface area contributed by atoms with Gasteiger partial charge in [-0.25, -0.2) is 4.79 Å². The molecule has 1 aliphatic rings. The number of esters is 1. The van der Waals surface area contributed by atoms with Gasteiger partial charge in [0, 0.05) is 6.08 Å². The van der Waals surface area contributed by atoms with Gasteiger partial charge >= 0.3 is 5.97 Å². The lowest BCUT2D eigenvalue weighted by Gasteiger charge is -1.98. The van der Waals surface area contributed by atoms with Crippen LogP contribution in [-0.2, 0) is 9.53 Å². The lowest BCUT2D eigenvalue weighted by atomic mass is 10.1. The Balaban J connectivity index is 1.96. The monoisotopic (exact) mass is 216 g/mol. The molecule has 0 amide bonds. The molecule has 2 rings (SSSR count). The summed E-state index contributed by atoms with van der Waals surface area (Å²) in [4.78, 5) is 11.1. The van der Waals surface area contributed by atoms with Crippen molar-refractivity contribution in [2.75, 3.05) is 6.61 Å². The second-order valence-corrected chi connectivity index (χ2v) is 4.03. The highest BCUT2D eigenvalue weighted by molar-refractivity contribution is 5.87. The molecule has 0 atom stereocenters. The van der Waals surface area contributed by atoms with E-state index in [0.717, 1.165) is 11.5 Å². The molecule has 0 unspecified atom stereocenters. The molecule has 2 nitrogen and oxygen atoms in total. The molecule has 1 saturated carbocycles. The standard InChI is InChI=1S/C14H16O2/c1-2-16-14(15)10-5-11-3-6-12(7-4-11)13-8-9-13/h3-7,10,13H,2,8-9H2,1H3/b10-5+. The van der Waals surface area contributed by atoms with E-state index in [0.29, 0.717) is 6.61 Å². The van der Waals surface area contributed by atoms with Crippen molar-refractivity contribution in [2.45, 2.75) is 25.7 Å². The summed E-state index contributed by atoms with van der Waals surface area (Å²) in [5.41, 5.74) is 2.45. The van der Waals surface area contributed by atoms with E-state index in [4.69, 9.17) is 4.74 Å². The van der Waals surface area contributed by atoms with Gasteiger partial charge in [0.05, 0.1) is 6.61 Å². The molecular weight excluding hydrogens is 200 g/mol. The van der Waals surface area contributed by atoms with Gasteiger partial charge in [0.15, 0.2) is 0 Å². The maximum Gasteiger partial charge on any atom is 0.330 e. The van der Waals surface area contributed by atoms with Crippen LogP contribution in [0.15, 0.2) is 30.3 Å². The van der Waals surface area contributed by atoms with Crippen LogP contribution in [0.3, 0.4) is 0 Å². The topological polar surface area (TPSA) is 26.3 Å². The number of benzene rings is 1. The predicted octanol–water partition coefficient (Wildman–Crippen LogP) is 3.14. The highest BCUT2D eigenvalue weighted by Gasteiger charge is 2.22. The van der Waals surface area contributed by atoms with Crippen molar-refractivity contribution in [3.8, 4) is 0 Å². The van der Waals surface area contributed by atoms with Crippen molar-refractivity contribution >= 4 is 12.0 Å². The fraction of sp³-hybridized carbons (Fsp3) is 0.357. The molecule has 0 spiro atoms. The molecule has 1 aliphatic carbocycles. The molecule has 1 aromatic rings. The molecule has 1 aromatic carbocycles.